The SMILES string of the molecule is CC(C)Cc1nc(-c2ccccc2C#N)n(-c2ccccn2)n1. The van der Waals surface area contributed by atoms with Gasteiger partial charge in [0.1, 0.15) is 0 Å². The summed E-state index contributed by atoms with van der Waals surface area (Å²) in [4.78, 5) is 9.03. The Bertz CT molecular complexity index is 843. The summed E-state index contributed by atoms with van der Waals surface area (Å²) < 4.78 is 1.72. The van der Waals surface area contributed by atoms with Crippen LogP contribution in [0.15, 0.2) is 48.7 Å². The highest BCUT2D eigenvalue weighted by atomic mass is 15.4. The molecule has 0 amide bonds. The minimum absolute atomic E-state index is 0.452. The lowest BCUT2D eigenvalue weighted by atomic mass is 10.1. The van der Waals surface area contributed by atoms with Crippen LogP contribution in [0.3, 0.4) is 0 Å². The Morgan fingerprint density at radius 2 is 1.91 bits per heavy atom. The second-order valence-electron chi connectivity index (χ2n) is 5.71. The standard InChI is InChI=1S/C18H17N5/c1-13(2)11-16-21-18(15-8-4-3-7-14(15)12-19)23(22-16)17-9-5-6-10-20-17/h3-10,13H,11H2,1-2H3. The third kappa shape index (κ3) is 3.11. The topological polar surface area (TPSA) is 67.4 Å². The molecule has 1 aromatic carbocycles. The van der Waals surface area contributed by atoms with Crippen molar-refractivity contribution in [3.05, 3.63) is 60.0 Å². The van der Waals surface area contributed by atoms with Crippen molar-refractivity contribution < 1.29 is 0 Å². The first-order chi connectivity index (χ1) is 11.2. The molecule has 0 aliphatic rings. The fourth-order valence-corrected chi connectivity index (χ4v) is 2.40. The third-order valence-electron chi connectivity index (χ3n) is 3.40. The Kier molecular flexibility index (Phi) is 4.15. The van der Waals surface area contributed by atoms with Crippen molar-refractivity contribution in [1.29, 1.82) is 5.26 Å². The summed E-state index contributed by atoms with van der Waals surface area (Å²) >= 11 is 0. The van der Waals surface area contributed by atoms with E-state index in [0.717, 1.165) is 17.8 Å². The van der Waals surface area contributed by atoms with E-state index in [1.807, 2.05) is 36.4 Å². The fourth-order valence-electron chi connectivity index (χ4n) is 2.40. The zero-order valence-corrected chi connectivity index (χ0v) is 13.1. The maximum Gasteiger partial charge on any atom is 0.166 e. The predicted octanol–water partition coefficient (Wildman–Crippen LogP) is 3.40. The van der Waals surface area contributed by atoms with E-state index in [-0.39, 0.29) is 0 Å². The minimum atomic E-state index is 0.452. The molecule has 0 spiro atoms. The first kappa shape index (κ1) is 14.9. The van der Waals surface area contributed by atoms with Crippen LogP contribution in [0.25, 0.3) is 17.2 Å². The Labute approximate surface area is 135 Å². The molecule has 0 atom stereocenters. The van der Waals surface area contributed by atoms with E-state index >= 15 is 0 Å². The third-order valence-corrected chi connectivity index (χ3v) is 3.40. The van der Waals surface area contributed by atoms with Gasteiger partial charge in [0.2, 0.25) is 0 Å². The van der Waals surface area contributed by atoms with Crippen LogP contribution < -0.4 is 0 Å². The molecule has 0 aliphatic carbocycles. The monoisotopic (exact) mass is 303 g/mol. The van der Waals surface area contributed by atoms with E-state index < -0.39 is 0 Å². The van der Waals surface area contributed by atoms with Crippen molar-refractivity contribution in [2.24, 2.45) is 5.92 Å². The number of nitrogens with zero attached hydrogens (tertiary/aromatic N) is 5. The molecule has 0 aliphatic heterocycles. The van der Waals surface area contributed by atoms with Gasteiger partial charge in [-0.15, -0.1) is 5.10 Å². The van der Waals surface area contributed by atoms with Crippen LogP contribution >= 0.6 is 0 Å². The number of nitriles is 1. The number of rotatable bonds is 4. The van der Waals surface area contributed by atoms with Gasteiger partial charge in [0.05, 0.1) is 11.6 Å². The Hall–Kier alpha value is -3.00. The molecule has 23 heavy (non-hydrogen) atoms. The number of aromatic nitrogens is 4. The predicted molar refractivity (Wildman–Crippen MR) is 87.8 cm³/mol. The van der Waals surface area contributed by atoms with Crippen molar-refractivity contribution in [2.75, 3.05) is 0 Å². The second kappa shape index (κ2) is 6.41. The molecule has 5 heteroatoms. The Morgan fingerprint density at radius 3 is 2.61 bits per heavy atom. The van der Waals surface area contributed by atoms with Gasteiger partial charge in [0.15, 0.2) is 17.5 Å². The van der Waals surface area contributed by atoms with Crippen LogP contribution in [0, 0.1) is 17.2 Å². The highest BCUT2D eigenvalue weighted by Crippen LogP contribution is 2.24. The molecule has 2 heterocycles. The number of pyridine rings is 1. The Balaban J connectivity index is 2.19. The summed E-state index contributed by atoms with van der Waals surface area (Å²) in [6, 6.07) is 15.3. The van der Waals surface area contributed by atoms with Crippen LogP contribution in [0.5, 0.6) is 0 Å². The van der Waals surface area contributed by atoms with E-state index in [1.54, 1.807) is 16.9 Å². The van der Waals surface area contributed by atoms with Crippen LogP contribution in [0.4, 0.5) is 0 Å². The molecule has 0 fully saturated rings. The minimum Gasteiger partial charge on any atom is -0.237 e. The van der Waals surface area contributed by atoms with Crippen LogP contribution in [-0.2, 0) is 6.42 Å². The average Bonchev–Trinajstić information content (AvgIpc) is 2.98. The van der Waals surface area contributed by atoms with Gasteiger partial charge in [0.25, 0.3) is 0 Å². The number of hydrogen-bond donors (Lipinski definition) is 0. The van der Waals surface area contributed by atoms with E-state index in [2.05, 4.69) is 35.0 Å². The molecule has 0 bridgehead atoms. The maximum atomic E-state index is 9.37. The van der Waals surface area contributed by atoms with Crippen molar-refractivity contribution in [2.45, 2.75) is 20.3 Å². The summed E-state index contributed by atoms with van der Waals surface area (Å²) in [5.74, 6) is 2.55. The zero-order valence-electron chi connectivity index (χ0n) is 13.1. The van der Waals surface area contributed by atoms with Crippen molar-refractivity contribution in [1.82, 2.24) is 19.7 Å². The average molecular weight is 303 g/mol. The molecule has 2 aromatic heterocycles. The molecular weight excluding hydrogens is 286 g/mol. The van der Waals surface area contributed by atoms with E-state index in [0.29, 0.717) is 23.1 Å². The van der Waals surface area contributed by atoms with Gasteiger partial charge in [0, 0.05) is 18.2 Å². The normalized spacial score (nSPS) is 10.7. The Morgan fingerprint density at radius 1 is 1.13 bits per heavy atom. The quantitative estimate of drug-likeness (QED) is 0.741. The zero-order chi connectivity index (χ0) is 16.2. The maximum absolute atomic E-state index is 9.37. The fraction of sp³-hybridized carbons (Fsp3) is 0.222. The first-order valence-electron chi connectivity index (χ1n) is 7.56. The lowest BCUT2D eigenvalue weighted by molar-refractivity contribution is 0.618. The van der Waals surface area contributed by atoms with Gasteiger partial charge < -0.3 is 0 Å². The molecule has 0 N–H and O–H groups in total. The lowest BCUT2D eigenvalue weighted by Crippen LogP contribution is -2.03. The summed E-state index contributed by atoms with van der Waals surface area (Å²) in [5, 5.41) is 14.0. The molecule has 5 nitrogen and oxygen atoms in total. The molecule has 0 saturated carbocycles. The van der Waals surface area contributed by atoms with Gasteiger partial charge in [-0.05, 0) is 30.2 Å². The number of benzene rings is 1. The van der Waals surface area contributed by atoms with E-state index in [1.165, 1.54) is 0 Å². The smallest absolute Gasteiger partial charge is 0.166 e. The van der Waals surface area contributed by atoms with Gasteiger partial charge in [-0.3, -0.25) is 0 Å². The molecule has 0 unspecified atom stereocenters. The summed E-state index contributed by atoms with van der Waals surface area (Å²) in [6.45, 7) is 4.26. The van der Waals surface area contributed by atoms with Gasteiger partial charge in [-0.2, -0.15) is 9.94 Å². The van der Waals surface area contributed by atoms with Crippen LogP contribution in [0.1, 0.15) is 25.2 Å². The molecule has 0 radical (unpaired) electrons. The van der Waals surface area contributed by atoms with Gasteiger partial charge in [-0.25, -0.2) is 9.97 Å². The van der Waals surface area contributed by atoms with Crippen LogP contribution in [-0.4, -0.2) is 19.7 Å². The molecule has 0 saturated heterocycles. The largest absolute Gasteiger partial charge is 0.237 e. The van der Waals surface area contributed by atoms with E-state index in [9.17, 15) is 5.26 Å². The van der Waals surface area contributed by atoms with Crippen LogP contribution in [0.2, 0.25) is 0 Å². The molecule has 3 aromatic rings. The lowest BCUT2D eigenvalue weighted by Gasteiger charge is -2.05. The molecule has 3 rings (SSSR count). The second-order valence-corrected chi connectivity index (χ2v) is 5.71. The first-order valence-corrected chi connectivity index (χ1v) is 7.56. The van der Waals surface area contributed by atoms with Crippen molar-refractivity contribution >= 4 is 0 Å². The number of hydrogen-bond acceptors (Lipinski definition) is 4. The molecular formula is C18H17N5. The van der Waals surface area contributed by atoms with Crippen molar-refractivity contribution in [3.8, 4) is 23.3 Å². The summed E-state index contributed by atoms with van der Waals surface area (Å²) in [6.07, 6.45) is 2.50. The van der Waals surface area contributed by atoms with E-state index in [4.69, 9.17) is 0 Å². The van der Waals surface area contributed by atoms with Gasteiger partial charge >= 0.3 is 0 Å². The molecule has 114 valence electrons. The highest BCUT2D eigenvalue weighted by Gasteiger charge is 2.17. The summed E-state index contributed by atoms with van der Waals surface area (Å²) in [5.41, 5.74) is 1.34. The van der Waals surface area contributed by atoms with Gasteiger partial charge in [-0.1, -0.05) is 32.0 Å². The highest BCUT2D eigenvalue weighted by molar-refractivity contribution is 5.65. The van der Waals surface area contributed by atoms with Crippen molar-refractivity contribution in [3.63, 3.8) is 0 Å². The summed E-state index contributed by atoms with van der Waals surface area (Å²) in [7, 11) is 0.